The van der Waals surface area contributed by atoms with Gasteiger partial charge in [-0.2, -0.15) is 0 Å². The number of hydrogen-bond acceptors (Lipinski definition) is 2. The Morgan fingerprint density at radius 1 is 1.52 bits per heavy atom. The molecule has 1 N–H and O–H groups in total. The van der Waals surface area contributed by atoms with Crippen LogP contribution in [0, 0.1) is 17.2 Å². The molecule has 0 amide bonds. The Bertz CT molecular complexity index is 533. The van der Waals surface area contributed by atoms with Crippen LogP contribution < -0.4 is 0 Å². The van der Waals surface area contributed by atoms with Crippen LogP contribution in [-0.4, -0.2) is 29.1 Å². The second-order valence-corrected chi connectivity index (χ2v) is 6.76. The Hall–Kier alpha value is -1.13. The van der Waals surface area contributed by atoms with Gasteiger partial charge < -0.3 is 5.11 Å². The third-order valence-corrected chi connectivity index (χ3v) is 4.76. The molecule has 116 valence electrons. The fraction of sp³-hybridized carbons (Fsp3) is 0.562. The standard InChI is InChI=1S/C16H21ClFNO2/c1-16(2,15(20)21)12-4-3-7-19(10-12)9-11-5-6-14(18)13(17)8-11/h5-6,8,12H,3-4,7,9-10H2,1-2H3,(H,20,21). The zero-order valence-corrected chi connectivity index (χ0v) is 13.2. The second kappa shape index (κ2) is 6.32. The van der Waals surface area contributed by atoms with Gasteiger partial charge in [0.2, 0.25) is 0 Å². The van der Waals surface area contributed by atoms with Gasteiger partial charge in [0.25, 0.3) is 0 Å². The normalized spacial score (nSPS) is 20.5. The van der Waals surface area contributed by atoms with Crippen molar-refractivity contribution in [1.82, 2.24) is 4.90 Å². The minimum absolute atomic E-state index is 0.125. The van der Waals surface area contributed by atoms with Gasteiger partial charge in [-0.1, -0.05) is 17.7 Å². The molecular weight excluding hydrogens is 293 g/mol. The maximum atomic E-state index is 13.2. The number of rotatable bonds is 4. The number of likely N-dealkylation sites (tertiary alicyclic amines) is 1. The molecule has 0 saturated carbocycles. The lowest BCUT2D eigenvalue weighted by Crippen LogP contribution is -2.44. The lowest BCUT2D eigenvalue weighted by atomic mass is 9.74. The number of benzene rings is 1. The van der Waals surface area contributed by atoms with Crippen molar-refractivity contribution in [3.8, 4) is 0 Å². The number of aliphatic carboxylic acids is 1. The average Bonchev–Trinajstić information content (AvgIpc) is 2.43. The Labute approximate surface area is 129 Å². The molecule has 1 aromatic carbocycles. The molecule has 5 heteroatoms. The predicted molar refractivity (Wildman–Crippen MR) is 80.8 cm³/mol. The predicted octanol–water partition coefficient (Wildman–Crippen LogP) is 3.80. The van der Waals surface area contributed by atoms with Gasteiger partial charge in [-0.15, -0.1) is 0 Å². The zero-order chi connectivity index (χ0) is 15.6. The maximum absolute atomic E-state index is 13.2. The molecule has 1 aliphatic rings. The summed E-state index contributed by atoms with van der Waals surface area (Å²) < 4.78 is 13.2. The molecule has 0 bridgehead atoms. The first-order valence-corrected chi connectivity index (χ1v) is 7.58. The molecule has 1 aliphatic heterocycles. The topological polar surface area (TPSA) is 40.5 Å². The van der Waals surface area contributed by atoms with Crippen molar-refractivity contribution in [2.24, 2.45) is 11.3 Å². The van der Waals surface area contributed by atoms with Gasteiger partial charge >= 0.3 is 5.97 Å². The van der Waals surface area contributed by atoms with Crippen LogP contribution in [0.4, 0.5) is 4.39 Å². The first-order chi connectivity index (χ1) is 9.80. The Morgan fingerprint density at radius 2 is 2.24 bits per heavy atom. The summed E-state index contributed by atoms with van der Waals surface area (Å²) in [5.41, 5.74) is 0.231. The van der Waals surface area contributed by atoms with Gasteiger partial charge in [0.05, 0.1) is 10.4 Å². The van der Waals surface area contributed by atoms with E-state index in [9.17, 15) is 14.3 Å². The van der Waals surface area contributed by atoms with E-state index in [4.69, 9.17) is 11.6 Å². The molecule has 1 unspecified atom stereocenters. The minimum Gasteiger partial charge on any atom is -0.481 e. The first-order valence-electron chi connectivity index (χ1n) is 7.20. The van der Waals surface area contributed by atoms with Crippen LogP contribution in [0.5, 0.6) is 0 Å². The van der Waals surface area contributed by atoms with Crippen LogP contribution in [0.3, 0.4) is 0 Å². The van der Waals surface area contributed by atoms with Crippen LogP contribution in [0.15, 0.2) is 18.2 Å². The molecule has 1 aromatic rings. The largest absolute Gasteiger partial charge is 0.481 e. The van der Waals surface area contributed by atoms with E-state index >= 15 is 0 Å². The van der Waals surface area contributed by atoms with Crippen molar-refractivity contribution in [2.75, 3.05) is 13.1 Å². The number of nitrogens with zero attached hydrogens (tertiary/aromatic N) is 1. The van der Waals surface area contributed by atoms with Crippen LogP contribution in [0.2, 0.25) is 5.02 Å². The highest BCUT2D eigenvalue weighted by Gasteiger charge is 2.38. The molecule has 1 atom stereocenters. The minimum atomic E-state index is -0.751. The molecular formula is C16H21ClFNO2. The van der Waals surface area contributed by atoms with E-state index in [1.165, 1.54) is 6.07 Å². The van der Waals surface area contributed by atoms with Gasteiger partial charge in [0.15, 0.2) is 0 Å². The van der Waals surface area contributed by atoms with Gasteiger partial charge in [-0.25, -0.2) is 4.39 Å². The Kier molecular flexibility index (Phi) is 4.89. The molecule has 1 heterocycles. The number of carboxylic acid groups (broad SMARTS) is 1. The number of carbonyl (C=O) groups is 1. The van der Waals surface area contributed by atoms with E-state index in [1.54, 1.807) is 26.0 Å². The van der Waals surface area contributed by atoms with Crippen LogP contribution in [0.25, 0.3) is 0 Å². The van der Waals surface area contributed by atoms with Crippen molar-refractivity contribution in [2.45, 2.75) is 33.2 Å². The van der Waals surface area contributed by atoms with E-state index in [0.29, 0.717) is 6.54 Å². The summed E-state index contributed by atoms with van der Waals surface area (Å²) in [6.07, 6.45) is 1.91. The highest BCUT2D eigenvalue weighted by molar-refractivity contribution is 6.30. The quantitative estimate of drug-likeness (QED) is 0.919. The lowest BCUT2D eigenvalue weighted by molar-refractivity contribution is -0.151. The van der Waals surface area contributed by atoms with E-state index in [-0.39, 0.29) is 10.9 Å². The molecule has 1 fully saturated rings. The van der Waals surface area contributed by atoms with Crippen molar-refractivity contribution >= 4 is 17.6 Å². The zero-order valence-electron chi connectivity index (χ0n) is 12.4. The van der Waals surface area contributed by atoms with E-state index in [2.05, 4.69) is 4.90 Å². The first kappa shape index (κ1) is 16.2. The van der Waals surface area contributed by atoms with Crippen LogP contribution in [0.1, 0.15) is 32.3 Å². The molecule has 0 aliphatic carbocycles. The number of carboxylic acids is 1. The van der Waals surface area contributed by atoms with Gasteiger partial charge in [0.1, 0.15) is 5.82 Å². The SMILES string of the molecule is CC(C)(C(=O)O)C1CCCN(Cc2ccc(F)c(Cl)c2)C1. The third kappa shape index (κ3) is 3.74. The molecule has 0 spiro atoms. The van der Waals surface area contributed by atoms with E-state index in [0.717, 1.165) is 31.5 Å². The smallest absolute Gasteiger partial charge is 0.309 e. The third-order valence-electron chi connectivity index (χ3n) is 4.47. The summed E-state index contributed by atoms with van der Waals surface area (Å²) in [4.78, 5) is 13.6. The molecule has 0 aromatic heterocycles. The van der Waals surface area contributed by atoms with Crippen molar-refractivity contribution < 1.29 is 14.3 Å². The Morgan fingerprint density at radius 3 is 2.86 bits per heavy atom. The average molecular weight is 314 g/mol. The van der Waals surface area contributed by atoms with Gasteiger partial charge in [0, 0.05) is 13.1 Å². The molecule has 1 saturated heterocycles. The summed E-state index contributed by atoms with van der Waals surface area (Å²) in [6.45, 7) is 5.93. The van der Waals surface area contributed by atoms with Crippen molar-refractivity contribution in [3.63, 3.8) is 0 Å². The van der Waals surface area contributed by atoms with Crippen LogP contribution >= 0.6 is 11.6 Å². The fourth-order valence-corrected chi connectivity index (χ4v) is 3.06. The van der Waals surface area contributed by atoms with Crippen molar-refractivity contribution in [1.29, 1.82) is 0 Å². The number of halogens is 2. The second-order valence-electron chi connectivity index (χ2n) is 6.35. The summed E-state index contributed by atoms with van der Waals surface area (Å²) in [5, 5.41) is 9.49. The van der Waals surface area contributed by atoms with Gasteiger partial charge in [-0.05, 0) is 56.8 Å². The van der Waals surface area contributed by atoms with E-state index in [1.807, 2.05) is 0 Å². The fourth-order valence-electron chi connectivity index (χ4n) is 2.86. The van der Waals surface area contributed by atoms with E-state index < -0.39 is 17.2 Å². The highest BCUT2D eigenvalue weighted by Crippen LogP contribution is 2.34. The summed E-state index contributed by atoms with van der Waals surface area (Å²) in [6, 6.07) is 4.75. The summed E-state index contributed by atoms with van der Waals surface area (Å²) >= 11 is 5.80. The molecule has 3 nitrogen and oxygen atoms in total. The summed E-state index contributed by atoms with van der Waals surface area (Å²) in [5.74, 6) is -1.04. The monoisotopic (exact) mass is 313 g/mol. The Balaban J connectivity index is 2.04. The number of piperidine rings is 1. The van der Waals surface area contributed by atoms with Gasteiger partial charge in [-0.3, -0.25) is 9.69 Å². The van der Waals surface area contributed by atoms with Crippen LogP contribution in [-0.2, 0) is 11.3 Å². The lowest BCUT2D eigenvalue weighted by Gasteiger charge is -2.39. The van der Waals surface area contributed by atoms with Crippen molar-refractivity contribution in [3.05, 3.63) is 34.6 Å². The molecule has 0 radical (unpaired) electrons. The highest BCUT2D eigenvalue weighted by atomic mass is 35.5. The maximum Gasteiger partial charge on any atom is 0.309 e. The molecule has 2 rings (SSSR count). The molecule has 21 heavy (non-hydrogen) atoms. The number of hydrogen-bond donors (Lipinski definition) is 1. The summed E-state index contributed by atoms with van der Waals surface area (Å²) in [7, 11) is 0.